The maximum atomic E-state index is 12.0. The maximum Gasteiger partial charge on any atom is 0.341 e. The van der Waals surface area contributed by atoms with E-state index >= 15 is 0 Å². The number of carbonyl (C=O) groups excluding carboxylic acids is 1. The lowest BCUT2D eigenvalue weighted by molar-refractivity contribution is 0.0502. The Labute approximate surface area is 147 Å². The number of ether oxygens (including phenoxy) is 1. The van der Waals surface area contributed by atoms with Crippen LogP contribution in [-0.4, -0.2) is 32.6 Å². The summed E-state index contributed by atoms with van der Waals surface area (Å²) >= 11 is 5.81. The monoisotopic (exact) mass is 354 g/mol. The second-order valence-electron chi connectivity index (χ2n) is 4.95. The van der Waals surface area contributed by atoms with Gasteiger partial charge >= 0.3 is 5.97 Å². The number of carbonyl (C=O) groups is 1. The molecule has 2 aromatic heterocycles. The Balaban J connectivity index is 1.81. The summed E-state index contributed by atoms with van der Waals surface area (Å²) in [6.45, 7) is -0.496. The van der Waals surface area contributed by atoms with Gasteiger partial charge in [-0.3, -0.25) is 0 Å². The van der Waals surface area contributed by atoms with E-state index in [4.69, 9.17) is 16.3 Å². The topological polar surface area (TPSA) is 112 Å². The lowest BCUT2D eigenvalue weighted by Crippen LogP contribution is -2.10. The molecule has 0 bridgehead atoms. The molecule has 0 spiro atoms. The van der Waals surface area contributed by atoms with E-state index in [1.54, 1.807) is 12.1 Å². The molecule has 0 atom stereocenters. The number of aliphatic hydroxyl groups is 1. The van der Waals surface area contributed by atoms with Gasteiger partial charge in [0.05, 0.1) is 16.6 Å². The summed E-state index contributed by atoms with van der Waals surface area (Å²) in [6, 6.07) is 12.0. The number of imidazole rings is 1. The number of aromatic nitrogens is 3. The number of pyridine rings is 1. The molecule has 1 aromatic carbocycles. The number of hydrogen-bond acceptors (Lipinski definition) is 6. The molecule has 3 rings (SSSR count). The van der Waals surface area contributed by atoms with Crippen molar-refractivity contribution < 1.29 is 14.6 Å². The molecule has 0 aliphatic heterocycles. The van der Waals surface area contributed by atoms with Crippen molar-refractivity contribution in [3.8, 4) is 6.07 Å². The second kappa shape index (κ2) is 7.03. The minimum atomic E-state index is -0.758. The zero-order chi connectivity index (χ0) is 17.8. The first-order valence-corrected chi connectivity index (χ1v) is 7.53. The molecule has 2 N–H and O–H groups in total. The van der Waals surface area contributed by atoms with Crippen LogP contribution in [0.1, 0.15) is 16.2 Å². The number of allylic oxidation sites excluding steroid dienone is 1. The van der Waals surface area contributed by atoms with Crippen molar-refractivity contribution in [3.05, 3.63) is 64.9 Å². The van der Waals surface area contributed by atoms with Gasteiger partial charge < -0.3 is 14.8 Å². The Kier molecular flexibility index (Phi) is 4.64. The van der Waals surface area contributed by atoms with Crippen LogP contribution in [0.4, 0.5) is 0 Å². The molecule has 124 valence electrons. The number of esters is 1. The summed E-state index contributed by atoms with van der Waals surface area (Å²) in [5.41, 5.74) is 1.33. The first-order chi connectivity index (χ1) is 12.1. The van der Waals surface area contributed by atoms with Crippen LogP contribution in [0.5, 0.6) is 0 Å². The summed E-state index contributed by atoms with van der Waals surface area (Å²) in [4.78, 5) is 22.9. The molecule has 0 saturated carbocycles. The number of para-hydroxylation sites is 2. The van der Waals surface area contributed by atoms with Gasteiger partial charge in [0.25, 0.3) is 0 Å². The molecule has 2 heterocycles. The molecular weight excluding hydrogens is 344 g/mol. The first-order valence-electron chi connectivity index (χ1n) is 7.15. The number of nitriles is 1. The van der Waals surface area contributed by atoms with Gasteiger partial charge in [-0.25, -0.2) is 14.8 Å². The third-order valence-corrected chi connectivity index (χ3v) is 3.65. The van der Waals surface area contributed by atoms with E-state index in [1.807, 2.05) is 18.2 Å². The molecule has 0 unspecified atom stereocenters. The summed E-state index contributed by atoms with van der Waals surface area (Å²) in [5.74, 6) is -0.988. The van der Waals surface area contributed by atoms with Crippen LogP contribution in [0.15, 0.2) is 48.4 Å². The molecular formula is C17H11ClN4O3. The van der Waals surface area contributed by atoms with Crippen LogP contribution in [0.3, 0.4) is 0 Å². The molecule has 8 heteroatoms. The third kappa shape index (κ3) is 3.44. The van der Waals surface area contributed by atoms with Crippen molar-refractivity contribution >= 4 is 34.2 Å². The minimum absolute atomic E-state index is 0.00578. The Morgan fingerprint density at radius 2 is 2.12 bits per heavy atom. The standard InChI is InChI=1S/C17H11ClN4O3/c18-15-10(4-3-7-20-15)17(24)25-9-14(23)11(8-19)16-21-12-5-1-2-6-13(12)22-16/h1-7,23H,9H2,(H,21,22)/b14-11+. The van der Waals surface area contributed by atoms with Crippen LogP contribution >= 0.6 is 11.6 Å². The van der Waals surface area contributed by atoms with E-state index < -0.39 is 18.3 Å². The van der Waals surface area contributed by atoms with Crippen molar-refractivity contribution in [2.45, 2.75) is 0 Å². The fourth-order valence-corrected chi connectivity index (χ4v) is 2.34. The quantitative estimate of drug-likeness (QED) is 0.322. The number of aromatic amines is 1. The minimum Gasteiger partial charge on any atom is -0.507 e. The van der Waals surface area contributed by atoms with E-state index in [1.165, 1.54) is 18.3 Å². The van der Waals surface area contributed by atoms with Crippen molar-refractivity contribution in [2.75, 3.05) is 6.61 Å². The van der Waals surface area contributed by atoms with E-state index in [-0.39, 0.29) is 22.1 Å². The number of rotatable bonds is 4. The SMILES string of the molecule is N#C/C(=C(\O)COC(=O)c1cccnc1Cl)c1nc2ccccc2[nH]1. The number of H-pyrrole nitrogens is 1. The highest BCUT2D eigenvalue weighted by Crippen LogP contribution is 2.19. The Hall–Kier alpha value is -3.37. The van der Waals surface area contributed by atoms with Crippen LogP contribution in [0, 0.1) is 11.3 Å². The van der Waals surface area contributed by atoms with Crippen LogP contribution < -0.4 is 0 Å². The molecule has 7 nitrogen and oxygen atoms in total. The van der Waals surface area contributed by atoms with Crippen LogP contribution in [0.2, 0.25) is 5.15 Å². The zero-order valence-electron chi connectivity index (χ0n) is 12.7. The molecule has 0 radical (unpaired) electrons. The van der Waals surface area contributed by atoms with E-state index in [2.05, 4.69) is 15.0 Å². The number of benzene rings is 1. The van der Waals surface area contributed by atoms with Crippen LogP contribution in [-0.2, 0) is 4.74 Å². The smallest absolute Gasteiger partial charge is 0.341 e. The van der Waals surface area contributed by atoms with Gasteiger partial charge in [0.1, 0.15) is 23.4 Å². The molecule has 0 fully saturated rings. The molecule has 0 amide bonds. The van der Waals surface area contributed by atoms with Crippen molar-refractivity contribution in [2.24, 2.45) is 0 Å². The van der Waals surface area contributed by atoms with Crippen LogP contribution in [0.25, 0.3) is 16.6 Å². The Morgan fingerprint density at radius 1 is 1.32 bits per heavy atom. The summed E-state index contributed by atoms with van der Waals surface area (Å²) in [6.07, 6.45) is 1.44. The van der Waals surface area contributed by atoms with E-state index in [9.17, 15) is 15.2 Å². The van der Waals surface area contributed by atoms with Gasteiger partial charge in [-0.1, -0.05) is 23.7 Å². The van der Waals surface area contributed by atoms with Gasteiger partial charge in [0, 0.05) is 6.20 Å². The number of halogens is 1. The molecule has 0 saturated heterocycles. The predicted molar refractivity (Wildman–Crippen MR) is 90.8 cm³/mol. The number of hydrogen-bond donors (Lipinski definition) is 2. The highest BCUT2D eigenvalue weighted by Gasteiger charge is 2.17. The first kappa shape index (κ1) is 16.5. The van der Waals surface area contributed by atoms with Crippen molar-refractivity contribution in [1.82, 2.24) is 15.0 Å². The Bertz CT molecular complexity index is 987. The Morgan fingerprint density at radius 3 is 2.84 bits per heavy atom. The van der Waals surface area contributed by atoms with E-state index in [0.29, 0.717) is 5.52 Å². The number of aliphatic hydroxyl groups excluding tert-OH is 1. The highest BCUT2D eigenvalue weighted by molar-refractivity contribution is 6.32. The van der Waals surface area contributed by atoms with Gasteiger partial charge in [-0.15, -0.1) is 0 Å². The molecule has 25 heavy (non-hydrogen) atoms. The fraction of sp³-hybridized carbons (Fsp3) is 0.0588. The average Bonchev–Trinajstić information content (AvgIpc) is 3.04. The largest absolute Gasteiger partial charge is 0.507 e. The zero-order valence-corrected chi connectivity index (χ0v) is 13.5. The number of nitrogens with zero attached hydrogens (tertiary/aromatic N) is 3. The molecule has 3 aromatic rings. The highest BCUT2D eigenvalue weighted by atomic mass is 35.5. The normalized spacial score (nSPS) is 11.7. The lowest BCUT2D eigenvalue weighted by Gasteiger charge is -2.06. The third-order valence-electron chi connectivity index (χ3n) is 3.35. The number of fused-ring (bicyclic) bond motifs is 1. The summed E-state index contributed by atoms with van der Waals surface area (Å²) in [7, 11) is 0. The molecule has 0 aliphatic rings. The van der Waals surface area contributed by atoms with Gasteiger partial charge in [-0.05, 0) is 24.3 Å². The second-order valence-corrected chi connectivity index (χ2v) is 5.31. The van der Waals surface area contributed by atoms with Crippen molar-refractivity contribution in [3.63, 3.8) is 0 Å². The summed E-state index contributed by atoms with van der Waals surface area (Å²) < 4.78 is 4.99. The van der Waals surface area contributed by atoms with Gasteiger partial charge in [0.2, 0.25) is 0 Å². The van der Waals surface area contributed by atoms with E-state index in [0.717, 1.165) is 5.52 Å². The van der Waals surface area contributed by atoms with Gasteiger partial charge in [-0.2, -0.15) is 5.26 Å². The van der Waals surface area contributed by atoms with Gasteiger partial charge in [0.15, 0.2) is 11.6 Å². The fourth-order valence-electron chi connectivity index (χ4n) is 2.15. The predicted octanol–water partition coefficient (Wildman–Crippen LogP) is 3.26. The summed E-state index contributed by atoms with van der Waals surface area (Å²) in [5, 5.41) is 19.4. The molecule has 0 aliphatic carbocycles. The lowest BCUT2D eigenvalue weighted by atomic mass is 10.2. The maximum absolute atomic E-state index is 12.0. The average molecular weight is 355 g/mol. The number of nitrogens with one attached hydrogen (secondary N) is 1. The van der Waals surface area contributed by atoms with Crippen molar-refractivity contribution in [1.29, 1.82) is 5.26 Å².